The first kappa shape index (κ1) is 12.3. The molecule has 1 aromatic rings. The van der Waals surface area contributed by atoms with Crippen molar-refractivity contribution in [1.29, 1.82) is 0 Å². The minimum Gasteiger partial charge on any atom is -0.310 e. The zero-order valence-corrected chi connectivity index (χ0v) is 10.8. The monoisotopic (exact) mass is 234 g/mol. The van der Waals surface area contributed by atoms with E-state index in [-0.39, 0.29) is 5.56 Å². The van der Waals surface area contributed by atoms with Crippen LogP contribution in [0.15, 0.2) is 17.1 Å². The van der Waals surface area contributed by atoms with Crippen molar-refractivity contribution in [3.63, 3.8) is 0 Å². The van der Waals surface area contributed by atoms with Gasteiger partial charge in [-0.3, -0.25) is 4.79 Å². The molecule has 0 aliphatic heterocycles. The van der Waals surface area contributed by atoms with Gasteiger partial charge in [0.05, 0.1) is 0 Å². The first-order valence-electron chi connectivity index (χ1n) is 6.77. The van der Waals surface area contributed by atoms with Gasteiger partial charge in [0, 0.05) is 18.2 Å². The van der Waals surface area contributed by atoms with Gasteiger partial charge in [0.1, 0.15) is 5.82 Å². The Morgan fingerprint density at radius 1 is 1.47 bits per heavy atom. The lowest BCUT2D eigenvalue weighted by Crippen LogP contribution is -2.26. The highest BCUT2D eigenvalue weighted by Gasteiger charge is 2.31. The molecule has 0 amide bonds. The molecule has 1 fully saturated rings. The molecule has 0 aromatic carbocycles. The van der Waals surface area contributed by atoms with E-state index in [1.807, 2.05) is 0 Å². The minimum atomic E-state index is -0.0246. The Balaban J connectivity index is 2.24. The fourth-order valence-electron chi connectivity index (χ4n) is 3.06. The average molecular weight is 234 g/mol. The maximum absolute atomic E-state index is 11.4. The zero-order valence-electron chi connectivity index (χ0n) is 10.8. The number of nitrogens with one attached hydrogen (secondary N) is 1. The van der Waals surface area contributed by atoms with Gasteiger partial charge in [-0.25, -0.2) is 4.98 Å². The Morgan fingerprint density at radius 3 is 2.94 bits per heavy atom. The second kappa shape index (κ2) is 5.48. The van der Waals surface area contributed by atoms with Gasteiger partial charge in [0.15, 0.2) is 0 Å². The van der Waals surface area contributed by atoms with E-state index in [9.17, 15) is 4.79 Å². The molecule has 2 rings (SSSR count). The molecule has 1 aliphatic carbocycles. The number of H-pyrrole nitrogens is 1. The molecular formula is C14H22N2O. The molecule has 3 unspecified atom stereocenters. The molecule has 3 heteroatoms. The highest BCUT2D eigenvalue weighted by molar-refractivity contribution is 5.02. The number of hydrogen-bond acceptors (Lipinski definition) is 2. The molecule has 1 N–H and O–H groups in total. The lowest BCUT2D eigenvalue weighted by Gasteiger charge is -2.34. The first-order valence-corrected chi connectivity index (χ1v) is 6.77. The van der Waals surface area contributed by atoms with Gasteiger partial charge in [-0.05, 0) is 24.7 Å². The van der Waals surface area contributed by atoms with E-state index in [2.05, 4.69) is 23.8 Å². The van der Waals surface area contributed by atoms with Gasteiger partial charge in [0.25, 0.3) is 5.56 Å². The Bertz CT molecular complexity index is 413. The predicted molar refractivity (Wildman–Crippen MR) is 69.0 cm³/mol. The van der Waals surface area contributed by atoms with Crippen molar-refractivity contribution in [2.45, 2.75) is 51.9 Å². The van der Waals surface area contributed by atoms with Crippen LogP contribution in [0.4, 0.5) is 0 Å². The first-order chi connectivity index (χ1) is 8.22. The van der Waals surface area contributed by atoms with Crippen LogP contribution in [0, 0.1) is 11.8 Å². The van der Waals surface area contributed by atoms with Crippen LogP contribution in [0.1, 0.15) is 57.7 Å². The summed E-state index contributed by atoms with van der Waals surface area (Å²) in [6.45, 7) is 4.57. The number of aromatic nitrogens is 2. The molecule has 1 saturated carbocycles. The van der Waals surface area contributed by atoms with Gasteiger partial charge in [-0.2, -0.15) is 0 Å². The van der Waals surface area contributed by atoms with Gasteiger partial charge in [0.2, 0.25) is 0 Å². The summed E-state index contributed by atoms with van der Waals surface area (Å²) in [5.74, 6) is 2.75. The zero-order chi connectivity index (χ0) is 12.3. The van der Waals surface area contributed by atoms with Crippen LogP contribution in [0.2, 0.25) is 0 Å². The number of nitrogens with zero attached hydrogens (tertiary/aromatic N) is 1. The van der Waals surface area contributed by atoms with Crippen LogP contribution < -0.4 is 5.56 Å². The summed E-state index contributed by atoms with van der Waals surface area (Å²) in [6.07, 6.45) is 7.87. The van der Waals surface area contributed by atoms with Crippen molar-refractivity contribution < 1.29 is 0 Å². The Labute approximate surface area is 103 Å². The van der Waals surface area contributed by atoms with Crippen molar-refractivity contribution in [3.05, 3.63) is 28.4 Å². The maximum Gasteiger partial charge on any atom is 0.250 e. The van der Waals surface area contributed by atoms with Crippen LogP contribution >= 0.6 is 0 Å². The lowest BCUT2D eigenvalue weighted by atomic mass is 9.72. The van der Waals surface area contributed by atoms with Gasteiger partial charge in [-0.1, -0.05) is 33.1 Å². The van der Waals surface area contributed by atoms with Crippen molar-refractivity contribution in [3.8, 4) is 0 Å². The third-order valence-corrected chi connectivity index (χ3v) is 4.24. The lowest BCUT2D eigenvalue weighted by molar-refractivity contribution is 0.214. The SMILES string of the molecule is CCC(C)C1CCCCC1c1nccc(=O)[nH]1. The Morgan fingerprint density at radius 2 is 2.24 bits per heavy atom. The topological polar surface area (TPSA) is 45.8 Å². The normalized spacial score (nSPS) is 26.7. The van der Waals surface area contributed by atoms with Crippen LogP contribution in [0.5, 0.6) is 0 Å². The van der Waals surface area contributed by atoms with E-state index in [1.165, 1.54) is 38.2 Å². The summed E-state index contributed by atoms with van der Waals surface area (Å²) >= 11 is 0. The minimum absolute atomic E-state index is 0.0246. The maximum atomic E-state index is 11.4. The molecule has 3 nitrogen and oxygen atoms in total. The van der Waals surface area contributed by atoms with E-state index >= 15 is 0 Å². The smallest absolute Gasteiger partial charge is 0.250 e. The van der Waals surface area contributed by atoms with Gasteiger partial charge < -0.3 is 4.98 Å². The number of hydrogen-bond donors (Lipinski definition) is 1. The van der Waals surface area contributed by atoms with Crippen molar-refractivity contribution in [2.24, 2.45) is 11.8 Å². The third kappa shape index (κ3) is 2.76. The summed E-state index contributed by atoms with van der Waals surface area (Å²) in [5.41, 5.74) is -0.0246. The summed E-state index contributed by atoms with van der Waals surface area (Å²) in [7, 11) is 0. The molecule has 3 atom stereocenters. The Kier molecular flexibility index (Phi) is 3.97. The number of rotatable bonds is 3. The van der Waals surface area contributed by atoms with Crippen LogP contribution in [-0.2, 0) is 0 Å². The molecule has 17 heavy (non-hydrogen) atoms. The molecule has 1 aromatic heterocycles. The average Bonchev–Trinajstić information content (AvgIpc) is 2.38. The quantitative estimate of drug-likeness (QED) is 0.873. The molecule has 1 heterocycles. The highest BCUT2D eigenvalue weighted by Crippen LogP contribution is 2.41. The molecular weight excluding hydrogens is 212 g/mol. The molecule has 0 spiro atoms. The largest absolute Gasteiger partial charge is 0.310 e. The highest BCUT2D eigenvalue weighted by atomic mass is 16.1. The second-order valence-corrected chi connectivity index (χ2v) is 5.26. The van der Waals surface area contributed by atoms with E-state index in [0.29, 0.717) is 17.8 Å². The van der Waals surface area contributed by atoms with Gasteiger partial charge >= 0.3 is 0 Å². The molecule has 94 valence electrons. The van der Waals surface area contributed by atoms with E-state index < -0.39 is 0 Å². The van der Waals surface area contributed by atoms with Gasteiger partial charge in [-0.15, -0.1) is 0 Å². The van der Waals surface area contributed by atoms with Crippen molar-refractivity contribution in [2.75, 3.05) is 0 Å². The van der Waals surface area contributed by atoms with Crippen LogP contribution in [0.25, 0.3) is 0 Å². The fraction of sp³-hybridized carbons (Fsp3) is 0.714. The van der Waals surface area contributed by atoms with Crippen LogP contribution in [0.3, 0.4) is 0 Å². The second-order valence-electron chi connectivity index (χ2n) is 5.26. The standard InChI is InChI=1S/C14H22N2O/c1-3-10(2)11-6-4-5-7-12(11)14-15-9-8-13(17)16-14/h8-12H,3-7H2,1-2H3,(H,15,16,17). The molecule has 1 aliphatic rings. The molecule has 0 bridgehead atoms. The summed E-state index contributed by atoms with van der Waals surface area (Å²) in [4.78, 5) is 18.7. The van der Waals surface area contributed by atoms with E-state index in [1.54, 1.807) is 6.20 Å². The van der Waals surface area contributed by atoms with E-state index in [4.69, 9.17) is 0 Å². The fourth-order valence-corrected chi connectivity index (χ4v) is 3.06. The van der Waals surface area contributed by atoms with Crippen molar-refractivity contribution >= 4 is 0 Å². The number of aromatic amines is 1. The molecule has 0 saturated heterocycles. The summed E-state index contributed by atoms with van der Waals surface area (Å²) in [6, 6.07) is 1.49. The Hall–Kier alpha value is -1.12. The predicted octanol–water partition coefficient (Wildman–Crippen LogP) is 3.09. The van der Waals surface area contributed by atoms with Crippen LogP contribution in [-0.4, -0.2) is 9.97 Å². The molecule has 0 radical (unpaired) electrons. The van der Waals surface area contributed by atoms with E-state index in [0.717, 1.165) is 5.82 Å². The summed E-state index contributed by atoms with van der Waals surface area (Å²) in [5, 5.41) is 0. The third-order valence-electron chi connectivity index (χ3n) is 4.24. The summed E-state index contributed by atoms with van der Waals surface area (Å²) < 4.78 is 0. The van der Waals surface area contributed by atoms with Crippen molar-refractivity contribution in [1.82, 2.24) is 9.97 Å².